The second kappa shape index (κ2) is 5.27. The van der Waals surface area contributed by atoms with Gasteiger partial charge in [0.25, 0.3) is 0 Å². The molecule has 0 spiro atoms. The Morgan fingerprint density at radius 3 is 2.93 bits per heavy atom. The van der Waals surface area contributed by atoms with Crippen molar-refractivity contribution in [1.29, 1.82) is 0 Å². The van der Waals surface area contributed by atoms with Crippen molar-refractivity contribution < 1.29 is 4.74 Å². The zero-order valence-corrected chi connectivity index (χ0v) is 8.93. The summed E-state index contributed by atoms with van der Waals surface area (Å²) in [6.07, 6.45) is 1.08. The maximum atomic E-state index is 5.61. The van der Waals surface area contributed by atoms with Crippen LogP contribution in [0.15, 0.2) is 30.3 Å². The lowest BCUT2D eigenvalue weighted by molar-refractivity contribution is 0.305. The monoisotopic (exact) mass is 209 g/mol. The fourth-order valence-corrected chi connectivity index (χ4v) is 2.48. The molecule has 1 aromatic rings. The Hall–Kier alpha value is -0.670. The minimum atomic E-state index is 0.596. The Balaban J connectivity index is 1.67. The topological polar surface area (TPSA) is 21.3 Å². The summed E-state index contributed by atoms with van der Waals surface area (Å²) < 4.78 is 5.61. The maximum absolute atomic E-state index is 5.61. The first-order valence-electron chi connectivity index (χ1n) is 4.98. The van der Waals surface area contributed by atoms with Gasteiger partial charge in [0.05, 0.1) is 12.0 Å². The van der Waals surface area contributed by atoms with Crippen LogP contribution in [0.3, 0.4) is 0 Å². The Morgan fingerprint density at radius 1 is 1.36 bits per heavy atom. The van der Waals surface area contributed by atoms with E-state index in [0.29, 0.717) is 5.37 Å². The fourth-order valence-electron chi connectivity index (χ4n) is 1.47. The third-order valence-corrected chi connectivity index (χ3v) is 3.43. The molecule has 14 heavy (non-hydrogen) atoms. The molecule has 1 aliphatic rings. The molecule has 1 fully saturated rings. The number of rotatable bonds is 4. The normalized spacial score (nSPS) is 21.0. The average Bonchev–Trinajstić information content (AvgIpc) is 2.72. The molecule has 1 aliphatic heterocycles. The van der Waals surface area contributed by atoms with E-state index in [1.165, 1.54) is 5.75 Å². The first-order chi connectivity index (χ1) is 6.95. The van der Waals surface area contributed by atoms with Gasteiger partial charge in [0, 0.05) is 18.7 Å². The predicted molar refractivity (Wildman–Crippen MR) is 60.8 cm³/mol. The number of ether oxygens (including phenoxy) is 1. The van der Waals surface area contributed by atoms with Gasteiger partial charge >= 0.3 is 0 Å². The van der Waals surface area contributed by atoms with E-state index in [1.54, 1.807) is 0 Å². The van der Waals surface area contributed by atoms with E-state index in [2.05, 4.69) is 5.32 Å². The molecular formula is C11H15NOS. The molecule has 1 saturated heterocycles. The molecule has 0 bridgehead atoms. The van der Waals surface area contributed by atoms with E-state index in [-0.39, 0.29) is 0 Å². The minimum absolute atomic E-state index is 0.596. The number of nitrogens with one attached hydrogen (secondary N) is 1. The summed E-state index contributed by atoms with van der Waals surface area (Å²) in [5, 5.41) is 4.02. The van der Waals surface area contributed by atoms with Crippen LogP contribution in [0.25, 0.3) is 0 Å². The van der Waals surface area contributed by atoms with Crippen molar-refractivity contribution in [2.24, 2.45) is 0 Å². The van der Waals surface area contributed by atoms with Gasteiger partial charge in [-0.25, -0.2) is 0 Å². The Kier molecular flexibility index (Phi) is 3.72. The molecule has 76 valence electrons. The highest BCUT2D eigenvalue weighted by Gasteiger charge is 2.13. The SMILES string of the molecule is c1ccc(OCCC2NCCS2)cc1. The largest absolute Gasteiger partial charge is 0.494 e. The number of hydrogen-bond acceptors (Lipinski definition) is 3. The molecule has 0 amide bonds. The number of para-hydroxylation sites is 1. The molecule has 0 radical (unpaired) electrons. The van der Waals surface area contributed by atoms with Crippen molar-refractivity contribution in [3.05, 3.63) is 30.3 Å². The van der Waals surface area contributed by atoms with Gasteiger partial charge in [0.1, 0.15) is 5.75 Å². The van der Waals surface area contributed by atoms with E-state index in [9.17, 15) is 0 Å². The lowest BCUT2D eigenvalue weighted by Crippen LogP contribution is -2.21. The van der Waals surface area contributed by atoms with Gasteiger partial charge in [-0.05, 0) is 12.1 Å². The van der Waals surface area contributed by atoms with Crippen LogP contribution >= 0.6 is 11.8 Å². The highest BCUT2D eigenvalue weighted by Crippen LogP contribution is 2.17. The molecule has 2 rings (SSSR count). The van der Waals surface area contributed by atoms with E-state index < -0.39 is 0 Å². The smallest absolute Gasteiger partial charge is 0.119 e. The van der Waals surface area contributed by atoms with E-state index in [0.717, 1.165) is 25.3 Å². The first kappa shape index (κ1) is 9.87. The van der Waals surface area contributed by atoms with Gasteiger partial charge in [0.2, 0.25) is 0 Å². The molecule has 2 nitrogen and oxygen atoms in total. The first-order valence-corrected chi connectivity index (χ1v) is 6.03. The summed E-state index contributed by atoms with van der Waals surface area (Å²) in [6.45, 7) is 1.94. The summed E-state index contributed by atoms with van der Waals surface area (Å²) in [5.74, 6) is 2.20. The number of thioether (sulfide) groups is 1. The highest BCUT2D eigenvalue weighted by molar-refractivity contribution is 8.00. The van der Waals surface area contributed by atoms with Crippen molar-refractivity contribution in [2.75, 3.05) is 18.9 Å². The summed E-state index contributed by atoms with van der Waals surface area (Å²) in [6, 6.07) is 9.99. The van der Waals surface area contributed by atoms with Crippen LogP contribution in [0.4, 0.5) is 0 Å². The lowest BCUT2D eigenvalue weighted by Gasteiger charge is -2.10. The van der Waals surface area contributed by atoms with Crippen LogP contribution in [0.2, 0.25) is 0 Å². The summed E-state index contributed by atoms with van der Waals surface area (Å²) in [7, 11) is 0. The third-order valence-electron chi connectivity index (χ3n) is 2.19. The molecule has 0 saturated carbocycles. The van der Waals surface area contributed by atoms with Gasteiger partial charge in [-0.2, -0.15) is 0 Å². The van der Waals surface area contributed by atoms with Crippen LogP contribution in [0.5, 0.6) is 5.75 Å². The Morgan fingerprint density at radius 2 is 2.21 bits per heavy atom. The Labute approximate surface area is 89.0 Å². The molecule has 1 atom stereocenters. The second-order valence-corrected chi connectivity index (χ2v) is 4.57. The fraction of sp³-hybridized carbons (Fsp3) is 0.455. The lowest BCUT2D eigenvalue weighted by atomic mass is 10.3. The van der Waals surface area contributed by atoms with Gasteiger partial charge < -0.3 is 10.1 Å². The minimum Gasteiger partial charge on any atom is -0.494 e. The van der Waals surface area contributed by atoms with Crippen molar-refractivity contribution in [3.8, 4) is 5.75 Å². The van der Waals surface area contributed by atoms with Gasteiger partial charge in [-0.15, -0.1) is 11.8 Å². The molecule has 0 aromatic heterocycles. The predicted octanol–water partition coefficient (Wildman–Crippen LogP) is 2.12. The summed E-state index contributed by atoms with van der Waals surface area (Å²) >= 11 is 1.99. The highest BCUT2D eigenvalue weighted by atomic mass is 32.2. The van der Waals surface area contributed by atoms with Gasteiger partial charge in [-0.1, -0.05) is 18.2 Å². The average molecular weight is 209 g/mol. The number of hydrogen-bond donors (Lipinski definition) is 1. The van der Waals surface area contributed by atoms with Gasteiger partial charge in [-0.3, -0.25) is 0 Å². The van der Waals surface area contributed by atoms with Crippen molar-refractivity contribution >= 4 is 11.8 Å². The Bertz CT molecular complexity index is 259. The number of benzene rings is 1. The molecule has 3 heteroatoms. The van der Waals surface area contributed by atoms with E-state index in [1.807, 2.05) is 42.1 Å². The molecule has 1 heterocycles. The third kappa shape index (κ3) is 2.93. The molecule has 1 aromatic carbocycles. The van der Waals surface area contributed by atoms with Crippen LogP contribution in [0, 0.1) is 0 Å². The molecule has 1 unspecified atom stereocenters. The van der Waals surface area contributed by atoms with Crippen LogP contribution in [-0.4, -0.2) is 24.3 Å². The zero-order valence-electron chi connectivity index (χ0n) is 8.11. The summed E-state index contributed by atoms with van der Waals surface area (Å²) in [5.41, 5.74) is 0. The molecular weight excluding hydrogens is 194 g/mol. The van der Waals surface area contributed by atoms with Crippen molar-refractivity contribution in [1.82, 2.24) is 5.32 Å². The van der Waals surface area contributed by atoms with Crippen LogP contribution < -0.4 is 10.1 Å². The van der Waals surface area contributed by atoms with Crippen molar-refractivity contribution in [2.45, 2.75) is 11.8 Å². The standard InChI is InChI=1S/C11H15NOS/c1-2-4-10(5-3-1)13-8-6-11-12-7-9-14-11/h1-5,11-12H,6-9H2. The van der Waals surface area contributed by atoms with E-state index >= 15 is 0 Å². The quantitative estimate of drug-likeness (QED) is 0.820. The van der Waals surface area contributed by atoms with Gasteiger partial charge in [0.15, 0.2) is 0 Å². The van der Waals surface area contributed by atoms with Crippen LogP contribution in [0.1, 0.15) is 6.42 Å². The van der Waals surface area contributed by atoms with E-state index in [4.69, 9.17) is 4.74 Å². The van der Waals surface area contributed by atoms with Crippen LogP contribution in [-0.2, 0) is 0 Å². The summed E-state index contributed by atoms with van der Waals surface area (Å²) in [4.78, 5) is 0. The second-order valence-electron chi connectivity index (χ2n) is 3.26. The maximum Gasteiger partial charge on any atom is 0.119 e. The zero-order chi connectivity index (χ0) is 9.64. The molecule has 0 aliphatic carbocycles. The van der Waals surface area contributed by atoms with Crippen molar-refractivity contribution in [3.63, 3.8) is 0 Å². The molecule has 1 N–H and O–H groups in total.